The minimum Gasteiger partial charge on any atom is -0.0990 e. The molecule has 0 aliphatic carbocycles. The molecule has 0 unspecified atom stereocenters. The first-order chi connectivity index (χ1) is 20.4. The fourth-order valence-corrected chi connectivity index (χ4v) is 4.17. The Morgan fingerprint density at radius 1 is 0.674 bits per heavy atom. The third-order valence-corrected chi connectivity index (χ3v) is 7.32. The van der Waals surface area contributed by atoms with Crippen LogP contribution in [0.3, 0.4) is 0 Å². The van der Waals surface area contributed by atoms with E-state index in [2.05, 4.69) is 105 Å². The van der Waals surface area contributed by atoms with E-state index in [1.165, 1.54) is 112 Å². The van der Waals surface area contributed by atoms with Crippen LogP contribution in [0.15, 0.2) is 90.1 Å². The maximum atomic E-state index is 3.87. The second-order valence-electron chi connectivity index (χ2n) is 12.2. The topological polar surface area (TPSA) is 0 Å². The molecular formula is C43H74. The largest absolute Gasteiger partial charge is 0.0990 e. The number of rotatable bonds is 17. The van der Waals surface area contributed by atoms with Gasteiger partial charge in [0.2, 0.25) is 0 Å². The van der Waals surface area contributed by atoms with Crippen molar-refractivity contribution in [1.82, 2.24) is 0 Å². The summed E-state index contributed by atoms with van der Waals surface area (Å²) in [6, 6.07) is 7.10. The van der Waals surface area contributed by atoms with Crippen molar-refractivity contribution in [2.75, 3.05) is 0 Å². The van der Waals surface area contributed by atoms with Gasteiger partial charge in [0, 0.05) is 0 Å². The molecule has 0 atom stereocenters. The Kier molecular flexibility index (Phi) is 34.2. The van der Waals surface area contributed by atoms with Crippen LogP contribution in [-0.2, 0) is 12.8 Å². The summed E-state index contributed by atoms with van der Waals surface area (Å²) in [5.41, 5.74) is 10.5. The molecule has 0 spiro atoms. The van der Waals surface area contributed by atoms with E-state index in [0.29, 0.717) is 0 Å². The summed E-state index contributed by atoms with van der Waals surface area (Å²) in [5, 5.41) is 0. The number of hydrogen-bond acceptors (Lipinski definition) is 0. The predicted octanol–water partition coefficient (Wildman–Crippen LogP) is 15.0. The van der Waals surface area contributed by atoms with Gasteiger partial charge in [0.05, 0.1) is 0 Å². The van der Waals surface area contributed by atoms with E-state index in [-0.39, 0.29) is 0 Å². The van der Waals surface area contributed by atoms with Crippen LogP contribution in [0.4, 0.5) is 0 Å². The smallest absolute Gasteiger partial charge is 0.0234 e. The summed E-state index contributed by atoms with van der Waals surface area (Å²) in [5.74, 6) is 0. The highest BCUT2D eigenvalue weighted by molar-refractivity contribution is 5.40. The summed E-state index contributed by atoms with van der Waals surface area (Å²) in [6.07, 6.45) is 26.9. The lowest BCUT2D eigenvalue weighted by atomic mass is 9.97. The molecule has 0 saturated carbocycles. The number of unbranched alkanes of at least 4 members (excludes halogenated alkanes) is 9. The summed E-state index contributed by atoms with van der Waals surface area (Å²) < 4.78 is 0. The first-order valence-electron chi connectivity index (χ1n) is 17.5. The van der Waals surface area contributed by atoms with E-state index in [1.807, 2.05) is 26.8 Å². The lowest BCUT2D eigenvalue weighted by molar-refractivity contribution is 0.631. The normalized spacial score (nSPS) is 10.7. The molecule has 1 rings (SSSR count). The van der Waals surface area contributed by atoms with Crippen molar-refractivity contribution in [3.05, 3.63) is 107 Å². The van der Waals surface area contributed by atoms with Gasteiger partial charge in [-0.05, 0) is 96.4 Å². The minimum atomic E-state index is 1.08. The molecule has 0 fully saturated rings. The molecule has 0 nitrogen and oxygen atoms in total. The van der Waals surface area contributed by atoms with Crippen molar-refractivity contribution in [3.63, 3.8) is 0 Å². The van der Waals surface area contributed by atoms with E-state index in [9.17, 15) is 0 Å². The van der Waals surface area contributed by atoms with Crippen molar-refractivity contribution < 1.29 is 0 Å². The number of hydrogen-bond donors (Lipinski definition) is 0. The van der Waals surface area contributed by atoms with Gasteiger partial charge in [-0.25, -0.2) is 0 Å². The second-order valence-corrected chi connectivity index (χ2v) is 12.2. The van der Waals surface area contributed by atoms with Crippen LogP contribution < -0.4 is 0 Å². The van der Waals surface area contributed by atoms with Crippen LogP contribution in [0.5, 0.6) is 0 Å². The molecule has 0 N–H and O–H groups in total. The maximum absolute atomic E-state index is 3.87. The fourth-order valence-electron chi connectivity index (χ4n) is 4.17. The van der Waals surface area contributed by atoms with Gasteiger partial charge in [-0.15, -0.1) is 0 Å². The molecule has 0 bridgehead atoms. The van der Waals surface area contributed by atoms with Crippen molar-refractivity contribution >= 4 is 0 Å². The Bertz CT molecular complexity index is 923. The lowest BCUT2D eigenvalue weighted by Crippen LogP contribution is -1.93. The molecule has 0 aliphatic heterocycles. The SMILES string of the molecule is C=C(C)/C(C)=C/C.C=C/C=C(\C=C(C)C)C(=C)C.CCCCCCC.CCCCCCCc1ccc(CCCC)cc1C. The maximum Gasteiger partial charge on any atom is -0.0234 e. The zero-order valence-electron chi connectivity index (χ0n) is 31.1. The van der Waals surface area contributed by atoms with Gasteiger partial charge >= 0.3 is 0 Å². The molecule has 0 radical (unpaired) electrons. The highest BCUT2D eigenvalue weighted by Gasteiger charge is 2.01. The van der Waals surface area contributed by atoms with Gasteiger partial charge in [-0.1, -0.05) is 176 Å². The van der Waals surface area contributed by atoms with Crippen molar-refractivity contribution in [2.45, 2.75) is 166 Å². The molecule has 0 heterocycles. The molecule has 0 aliphatic rings. The van der Waals surface area contributed by atoms with E-state index in [4.69, 9.17) is 0 Å². The van der Waals surface area contributed by atoms with Crippen LogP contribution in [0, 0.1) is 6.92 Å². The number of allylic oxidation sites excluding steroid dienone is 9. The van der Waals surface area contributed by atoms with Crippen LogP contribution >= 0.6 is 0 Å². The zero-order chi connectivity index (χ0) is 33.5. The number of aryl methyl sites for hydroxylation is 3. The molecule has 246 valence electrons. The molecule has 0 heteroatoms. The molecule has 0 amide bonds. The van der Waals surface area contributed by atoms with E-state index in [1.54, 1.807) is 11.6 Å². The molecule has 0 aromatic heterocycles. The Morgan fingerprint density at radius 2 is 1.19 bits per heavy atom. The van der Waals surface area contributed by atoms with Gasteiger partial charge in [-0.2, -0.15) is 0 Å². The van der Waals surface area contributed by atoms with Gasteiger partial charge < -0.3 is 0 Å². The average molecular weight is 591 g/mol. The van der Waals surface area contributed by atoms with E-state index >= 15 is 0 Å². The first-order valence-corrected chi connectivity index (χ1v) is 17.5. The third-order valence-electron chi connectivity index (χ3n) is 7.32. The zero-order valence-corrected chi connectivity index (χ0v) is 31.1. The van der Waals surface area contributed by atoms with Gasteiger partial charge in [0.15, 0.2) is 0 Å². The average Bonchev–Trinajstić information content (AvgIpc) is 2.97. The van der Waals surface area contributed by atoms with Crippen molar-refractivity contribution in [3.8, 4) is 0 Å². The van der Waals surface area contributed by atoms with Crippen LogP contribution in [0.2, 0.25) is 0 Å². The molecular weight excluding hydrogens is 516 g/mol. The van der Waals surface area contributed by atoms with E-state index in [0.717, 1.165) is 16.7 Å². The molecule has 1 aromatic rings. The quantitative estimate of drug-likeness (QED) is 0.125. The van der Waals surface area contributed by atoms with Crippen LogP contribution in [-0.4, -0.2) is 0 Å². The van der Waals surface area contributed by atoms with Crippen LogP contribution in [0.25, 0.3) is 0 Å². The summed E-state index contributed by atoms with van der Waals surface area (Å²) >= 11 is 0. The highest BCUT2D eigenvalue weighted by Crippen LogP contribution is 2.16. The standard InChI is InChI=1S/C18H30.C11H16.C7H12.C7H16/c1-4-6-8-9-10-12-18-14-13-17(11-7-5-2)15-16(18)3;1-6-7-11(10(4)5)8-9(2)3;1-5-7(4)6(2)3;1-3-5-7-6-4-2/h13-15H,4-12H2,1-3H3;6-8H,1,4H2,2-3,5H3;5H,2H2,1,3-4H3;3-7H2,1-2H3/b;11-7+;7-5+;. The highest BCUT2D eigenvalue weighted by atomic mass is 14.1. The third kappa shape index (κ3) is 30.9. The Labute approximate surface area is 272 Å². The van der Waals surface area contributed by atoms with Crippen LogP contribution in [0.1, 0.15) is 163 Å². The van der Waals surface area contributed by atoms with Gasteiger partial charge in [0.1, 0.15) is 0 Å². The Balaban J connectivity index is -0.000000546. The van der Waals surface area contributed by atoms with Crippen molar-refractivity contribution in [2.24, 2.45) is 0 Å². The van der Waals surface area contributed by atoms with Crippen molar-refractivity contribution in [1.29, 1.82) is 0 Å². The van der Waals surface area contributed by atoms with Gasteiger partial charge in [-0.3, -0.25) is 0 Å². The van der Waals surface area contributed by atoms with E-state index < -0.39 is 0 Å². The Hall–Kier alpha value is -2.34. The minimum absolute atomic E-state index is 1.08. The molecule has 0 saturated heterocycles. The summed E-state index contributed by atoms with van der Waals surface area (Å²) in [4.78, 5) is 0. The fraction of sp³-hybridized carbons (Fsp3) is 0.581. The predicted molar refractivity (Wildman–Crippen MR) is 203 cm³/mol. The molecule has 1 aromatic carbocycles. The molecule has 43 heavy (non-hydrogen) atoms. The summed E-state index contributed by atoms with van der Waals surface area (Å²) in [6.45, 7) is 34.8. The lowest BCUT2D eigenvalue weighted by Gasteiger charge is -2.08. The summed E-state index contributed by atoms with van der Waals surface area (Å²) in [7, 11) is 0. The second kappa shape index (κ2) is 32.6. The monoisotopic (exact) mass is 591 g/mol. The first kappa shape index (κ1) is 45.1. The Morgan fingerprint density at radius 3 is 1.56 bits per heavy atom. The van der Waals surface area contributed by atoms with Gasteiger partial charge in [0.25, 0.3) is 0 Å². The number of benzene rings is 1.